The fraction of sp³-hybridized carbons (Fsp3) is 0.400. The smallest absolute Gasteiger partial charge is 0.209 e. The molecule has 0 N–H and O–H groups in total. The average Bonchev–Trinajstić information content (AvgIpc) is 2.85. The van der Waals surface area contributed by atoms with Gasteiger partial charge in [-0.05, 0) is 44.3 Å². The molecule has 0 fully saturated rings. The van der Waals surface area contributed by atoms with E-state index in [0.717, 1.165) is 35.3 Å². The molecule has 2 rings (SSSR count). The Kier molecular flexibility index (Phi) is 5.00. The minimum Gasteiger partial charge on any atom is -0.439 e. The fourth-order valence-corrected chi connectivity index (χ4v) is 1.99. The van der Waals surface area contributed by atoms with Gasteiger partial charge in [0.1, 0.15) is 0 Å². The van der Waals surface area contributed by atoms with Gasteiger partial charge in [-0.15, -0.1) is 0 Å². The molecule has 2 aromatic rings. The van der Waals surface area contributed by atoms with Crippen molar-refractivity contribution in [2.45, 2.75) is 26.3 Å². The molecule has 0 atom stereocenters. The Morgan fingerprint density at radius 1 is 1.26 bits per heavy atom. The number of nitrogens with zero attached hydrogens (tertiary/aromatic N) is 2. The number of rotatable bonds is 6. The van der Waals surface area contributed by atoms with Crippen LogP contribution in [0, 0.1) is 0 Å². The molecule has 0 bridgehead atoms. The summed E-state index contributed by atoms with van der Waals surface area (Å²) in [6.45, 7) is 4.00. The van der Waals surface area contributed by atoms with Crippen LogP contribution >= 0.6 is 11.6 Å². The van der Waals surface area contributed by atoms with E-state index in [1.54, 1.807) is 6.20 Å². The second kappa shape index (κ2) is 6.73. The van der Waals surface area contributed by atoms with Gasteiger partial charge in [-0.3, -0.25) is 4.90 Å². The van der Waals surface area contributed by atoms with E-state index in [0.29, 0.717) is 0 Å². The van der Waals surface area contributed by atoms with Crippen LogP contribution in [-0.4, -0.2) is 23.5 Å². The Hall–Kier alpha value is -1.32. The first-order valence-corrected chi connectivity index (χ1v) is 6.96. The number of aromatic nitrogens is 1. The van der Waals surface area contributed by atoms with E-state index < -0.39 is 0 Å². The quantitative estimate of drug-likeness (QED) is 0.792. The zero-order chi connectivity index (χ0) is 13.7. The molecule has 0 amide bonds. The third kappa shape index (κ3) is 4.08. The second-order valence-electron chi connectivity index (χ2n) is 4.72. The topological polar surface area (TPSA) is 29.3 Å². The summed E-state index contributed by atoms with van der Waals surface area (Å²) in [4.78, 5) is 6.54. The minimum absolute atomic E-state index is 0.725. The van der Waals surface area contributed by atoms with Gasteiger partial charge in [0, 0.05) is 10.6 Å². The molecule has 0 aliphatic heterocycles. The van der Waals surface area contributed by atoms with Gasteiger partial charge in [-0.2, -0.15) is 0 Å². The van der Waals surface area contributed by atoms with Crippen molar-refractivity contribution in [3.05, 3.63) is 41.4 Å². The zero-order valence-electron chi connectivity index (χ0n) is 11.4. The molecule has 4 heteroatoms. The number of hydrogen-bond donors (Lipinski definition) is 0. The number of unbranched alkanes of at least 4 members (excludes halogenated alkanes) is 1. The van der Waals surface area contributed by atoms with E-state index in [2.05, 4.69) is 23.9 Å². The van der Waals surface area contributed by atoms with Crippen molar-refractivity contribution in [2.24, 2.45) is 0 Å². The lowest BCUT2D eigenvalue weighted by atomic mass is 10.2. The molecule has 3 nitrogen and oxygen atoms in total. The van der Waals surface area contributed by atoms with Gasteiger partial charge in [0.2, 0.25) is 5.89 Å². The summed E-state index contributed by atoms with van der Waals surface area (Å²) >= 11 is 5.87. The van der Waals surface area contributed by atoms with Gasteiger partial charge in [0.25, 0.3) is 0 Å². The van der Waals surface area contributed by atoms with Gasteiger partial charge in [-0.25, -0.2) is 4.98 Å². The molecule has 0 aliphatic carbocycles. The third-order valence-electron chi connectivity index (χ3n) is 2.98. The highest BCUT2D eigenvalue weighted by Gasteiger charge is 2.08. The molecule has 0 spiro atoms. The van der Waals surface area contributed by atoms with Crippen LogP contribution in [-0.2, 0) is 6.54 Å². The van der Waals surface area contributed by atoms with E-state index in [1.165, 1.54) is 12.8 Å². The highest BCUT2D eigenvalue weighted by atomic mass is 35.5. The molecule has 1 aromatic carbocycles. The normalized spacial score (nSPS) is 11.2. The van der Waals surface area contributed by atoms with Crippen molar-refractivity contribution in [2.75, 3.05) is 13.6 Å². The molecular weight excluding hydrogens is 260 g/mol. The molecule has 0 saturated heterocycles. The summed E-state index contributed by atoms with van der Waals surface area (Å²) in [5.41, 5.74) is 0.999. The van der Waals surface area contributed by atoms with E-state index in [1.807, 2.05) is 24.3 Å². The molecular formula is C15H19ClN2O. The monoisotopic (exact) mass is 278 g/mol. The number of hydrogen-bond acceptors (Lipinski definition) is 3. The maximum absolute atomic E-state index is 5.87. The number of halogens is 1. The van der Waals surface area contributed by atoms with Crippen molar-refractivity contribution in [3.8, 4) is 11.3 Å². The minimum atomic E-state index is 0.725. The highest BCUT2D eigenvalue weighted by molar-refractivity contribution is 6.30. The highest BCUT2D eigenvalue weighted by Crippen LogP contribution is 2.22. The van der Waals surface area contributed by atoms with E-state index in [-0.39, 0.29) is 0 Å². The Labute approximate surface area is 119 Å². The van der Waals surface area contributed by atoms with Gasteiger partial charge < -0.3 is 4.42 Å². The second-order valence-corrected chi connectivity index (χ2v) is 5.15. The molecule has 0 radical (unpaired) electrons. The molecule has 1 heterocycles. The standard InChI is InChI=1S/C15H19ClN2O/c1-3-4-9-18(2)11-15-17-10-14(19-15)12-5-7-13(16)8-6-12/h5-8,10H,3-4,9,11H2,1-2H3. The van der Waals surface area contributed by atoms with Gasteiger partial charge in [0.15, 0.2) is 5.76 Å². The first-order chi connectivity index (χ1) is 9.19. The van der Waals surface area contributed by atoms with Crippen LogP contribution < -0.4 is 0 Å². The maximum Gasteiger partial charge on any atom is 0.209 e. The summed E-state index contributed by atoms with van der Waals surface area (Å²) in [7, 11) is 2.09. The van der Waals surface area contributed by atoms with Crippen LogP contribution in [0.15, 0.2) is 34.9 Å². The third-order valence-corrected chi connectivity index (χ3v) is 3.23. The van der Waals surface area contributed by atoms with Crippen LogP contribution in [0.3, 0.4) is 0 Å². The molecule has 102 valence electrons. The van der Waals surface area contributed by atoms with Gasteiger partial charge in [0.05, 0.1) is 12.7 Å². The van der Waals surface area contributed by atoms with Crippen molar-refractivity contribution in [1.82, 2.24) is 9.88 Å². The number of benzene rings is 1. The largest absolute Gasteiger partial charge is 0.439 e. The first-order valence-electron chi connectivity index (χ1n) is 6.58. The molecule has 0 saturated carbocycles. The lowest BCUT2D eigenvalue weighted by Crippen LogP contribution is -2.18. The van der Waals surface area contributed by atoms with E-state index in [4.69, 9.17) is 16.0 Å². The predicted molar refractivity (Wildman–Crippen MR) is 78.2 cm³/mol. The lowest BCUT2D eigenvalue weighted by molar-refractivity contribution is 0.286. The predicted octanol–water partition coefficient (Wildman–Crippen LogP) is 4.23. The summed E-state index contributed by atoms with van der Waals surface area (Å²) in [6.07, 6.45) is 4.17. The summed E-state index contributed by atoms with van der Waals surface area (Å²) in [6, 6.07) is 7.58. The SMILES string of the molecule is CCCCN(C)Cc1ncc(-c2ccc(Cl)cc2)o1. The van der Waals surface area contributed by atoms with Gasteiger partial charge in [-0.1, -0.05) is 24.9 Å². The lowest BCUT2D eigenvalue weighted by Gasteiger charge is -2.13. The van der Waals surface area contributed by atoms with Crippen LogP contribution in [0.2, 0.25) is 5.02 Å². The summed E-state index contributed by atoms with van der Waals surface area (Å²) in [5, 5.41) is 0.725. The molecule has 19 heavy (non-hydrogen) atoms. The van der Waals surface area contributed by atoms with Crippen LogP contribution in [0.25, 0.3) is 11.3 Å². The van der Waals surface area contributed by atoms with Crippen molar-refractivity contribution < 1.29 is 4.42 Å². The van der Waals surface area contributed by atoms with E-state index >= 15 is 0 Å². The average molecular weight is 279 g/mol. The van der Waals surface area contributed by atoms with E-state index in [9.17, 15) is 0 Å². The van der Waals surface area contributed by atoms with Gasteiger partial charge >= 0.3 is 0 Å². The van der Waals surface area contributed by atoms with Crippen LogP contribution in [0.5, 0.6) is 0 Å². The Bertz CT molecular complexity index is 507. The van der Waals surface area contributed by atoms with Crippen molar-refractivity contribution in [3.63, 3.8) is 0 Å². The summed E-state index contributed by atoms with van der Waals surface area (Å²) < 4.78 is 5.76. The van der Waals surface area contributed by atoms with Crippen molar-refractivity contribution in [1.29, 1.82) is 0 Å². The number of oxazole rings is 1. The zero-order valence-corrected chi connectivity index (χ0v) is 12.2. The Morgan fingerprint density at radius 2 is 2.00 bits per heavy atom. The molecule has 0 unspecified atom stereocenters. The molecule has 0 aliphatic rings. The fourth-order valence-electron chi connectivity index (χ4n) is 1.87. The summed E-state index contributed by atoms with van der Waals surface area (Å²) in [5.74, 6) is 1.54. The van der Waals surface area contributed by atoms with Crippen LogP contribution in [0.1, 0.15) is 25.7 Å². The van der Waals surface area contributed by atoms with Crippen LogP contribution in [0.4, 0.5) is 0 Å². The molecule has 1 aromatic heterocycles. The van der Waals surface area contributed by atoms with Crippen molar-refractivity contribution >= 4 is 11.6 Å². The maximum atomic E-state index is 5.87. The Balaban J connectivity index is 2.00. The first kappa shape index (κ1) is 14.1. The Morgan fingerprint density at radius 3 is 2.68 bits per heavy atom.